The van der Waals surface area contributed by atoms with Crippen LogP contribution in [0.15, 0.2) is 34.0 Å². The van der Waals surface area contributed by atoms with Gasteiger partial charge in [0.1, 0.15) is 5.82 Å². The fourth-order valence-electron chi connectivity index (χ4n) is 1.39. The van der Waals surface area contributed by atoms with Gasteiger partial charge >= 0.3 is 0 Å². The normalized spacial score (nSPS) is 11.7. The Bertz CT molecular complexity index is 657. The lowest BCUT2D eigenvalue weighted by atomic mass is 10.2. The van der Waals surface area contributed by atoms with Crippen molar-refractivity contribution < 1.29 is 17.3 Å². The monoisotopic (exact) mass is 286 g/mol. The molecule has 1 aromatic carbocycles. The summed E-state index contributed by atoms with van der Waals surface area (Å²) >= 11 is 0. The number of hydrogen-bond donors (Lipinski definition) is 2. The second-order valence-electron chi connectivity index (χ2n) is 3.63. The zero-order valence-corrected chi connectivity index (χ0v) is 10.5. The molecular formula is C10H11FN4O3S. The lowest BCUT2D eigenvalue weighted by molar-refractivity contribution is 0.409. The van der Waals surface area contributed by atoms with E-state index in [4.69, 9.17) is 5.73 Å². The molecule has 0 bridgehead atoms. The van der Waals surface area contributed by atoms with Crippen molar-refractivity contribution >= 4 is 10.0 Å². The summed E-state index contributed by atoms with van der Waals surface area (Å²) in [4.78, 5) is 3.60. The standard InChI is InChI=1S/C10H11FN4O3S/c11-9-2-1-8(3-7(9)4-12)19(16,17)14-5-10-13-6-18-15-10/h1-3,6,14H,4-5,12H2. The van der Waals surface area contributed by atoms with E-state index in [-0.39, 0.29) is 29.4 Å². The molecule has 102 valence electrons. The van der Waals surface area contributed by atoms with Crippen molar-refractivity contribution in [3.8, 4) is 0 Å². The molecule has 0 amide bonds. The summed E-state index contributed by atoms with van der Waals surface area (Å²) in [6.07, 6.45) is 1.09. The molecule has 0 atom stereocenters. The van der Waals surface area contributed by atoms with Gasteiger partial charge in [-0.25, -0.2) is 17.5 Å². The molecule has 0 saturated carbocycles. The summed E-state index contributed by atoms with van der Waals surface area (Å²) in [5, 5.41) is 3.47. The molecule has 0 aliphatic rings. The summed E-state index contributed by atoms with van der Waals surface area (Å²) in [5.74, 6) is -0.343. The van der Waals surface area contributed by atoms with Crippen LogP contribution in [-0.4, -0.2) is 18.6 Å². The quantitative estimate of drug-likeness (QED) is 0.809. The van der Waals surface area contributed by atoms with Gasteiger partial charge in [-0.05, 0) is 18.2 Å². The van der Waals surface area contributed by atoms with Gasteiger partial charge in [0.15, 0.2) is 5.82 Å². The molecule has 0 unspecified atom stereocenters. The number of sulfonamides is 1. The van der Waals surface area contributed by atoms with Gasteiger partial charge in [-0.15, -0.1) is 0 Å². The van der Waals surface area contributed by atoms with E-state index in [1.165, 1.54) is 6.07 Å². The van der Waals surface area contributed by atoms with Crippen LogP contribution in [0.25, 0.3) is 0 Å². The first-order valence-electron chi connectivity index (χ1n) is 5.26. The van der Waals surface area contributed by atoms with Crippen LogP contribution in [0.4, 0.5) is 4.39 Å². The van der Waals surface area contributed by atoms with E-state index in [2.05, 4.69) is 19.4 Å². The summed E-state index contributed by atoms with van der Waals surface area (Å²) in [6.45, 7) is -0.200. The number of nitrogens with two attached hydrogens (primary N) is 1. The SMILES string of the molecule is NCc1cc(S(=O)(=O)NCc2ncon2)ccc1F. The van der Waals surface area contributed by atoms with E-state index in [1.807, 2.05) is 0 Å². The van der Waals surface area contributed by atoms with Crippen molar-refractivity contribution in [1.29, 1.82) is 0 Å². The molecule has 0 spiro atoms. The summed E-state index contributed by atoms with van der Waals surface area (Å²) < 4.78 is 43.9. The molecule has 2 rings (SSSR count). The molecule has 2 aromatic rings. The average Bonchev–Trinajstić information content (AvgIpc) is 2.90. The van der Waals surface area contributed by atoms with Crippen LogP contribution in [0.5, 0.6) is 0 Å². The van der Waals surface area contributed by atoms with E-state index >= 15 is 0 Å². The van der Waals surface area contributed by atoms with Gasteiger partial charge in [0.05, 0.1) is 11.4 Å². The molecule has 1 heterocycles. The molecule has 19 heavy (non-hydrogen) atoms. The highest BCUT2D eigenvalue weighted by Gasteiger charge is 2.16. The number of nitrogens with zero attached hydrogens (tertiary/aromatic N) is 2. The Kier molecular flexibility index (Phi) is 3.88. The average molecular weight is 286 g/mol. The highest BCUT2D eigenvalue weighted by Crippen LogP contribution is 2.14. The minimum absolute atomic E-state index is 0.0714. The molecule has 1 aromatic heterocycles. The maximum absolute atomic E-state index is 13.2. The molecule has 3 N–H and O–H groups in total. The Balaban J connectivity index is 2.19. The van der Waals surface area contributed by atoms with Crippen LogP contribution in [0, 0.1) is 5.82 Å². The molecule has 0 saturated heterocycles. The van der Waals surface area contributed by atoms with Crippen molar-refractivity contribution in [2.24, 2.45) is 5.73 Å². The van der Waals surface area contributed by atoms with Crippen LogP contribution < -0.4 is 10.5 Å². The van der Waals surface area contributed by atoms with Crippen LogP contribution in [0.1, 0.15) is 11.4 Å². The number of nitrogens with one attached hydrogen (secondary N) is 1. The molecule has 0 radical (unpaired) electrons. The molecular weight excluding hydrogens is 275 g/mol. The Hall–Kier alpha value is -1.84. The lowest BCUT2D eigenvalue weighted by Crippen LogP contribution is -2.24. The predicted molar refractivity (Wildman–Crippen MR) is 62.6 cm³/mol. The van der Waals surface area contributed by atoms with E-state index in [1.54, 1.807) is 0 Å². The van der Waals surface area contributed by atoms with Gasteiger partial charge in [0, 0.05) is 12.1 Å². The molecule has 7 nitrogen and oxygen atoms in total. The van der Waals surface area contributed by atoms with Gasteiger partial charge in [0.2, 0.25) is 16.4 Å². The van der Waals surface area contributed by atoms with Crippen molar-refractivity contribution in [2.75, 3.05) is 0 Å². The fourth-order valence-corrected chi connectivity index (χ4v) is 2.42. The van der Waals surface area contributed by atoms with Gasteiger partial charge in [-0.2, -0.15) is 4.98 Å². The van der Waals surface area contributed by atoms with E-state index < -0.39 is 15.8 Å². The summed E-state index contributed by atoms with van der Waals surface area (Å²) in [7, 11) is -3.78. The summed E-state index contributed by atoms with van der Waals surface area (Å²) in [5.41, 5.74) is 5.45. The fraction of sp³-hybridized carbons (Fsp3) is 0.200. The second kappa shape index (κ2) is 5.43. The first kappa shape index (κ1) is 13.6. The molecule has 9 heteroatoms. The van der Waals surface area contributed by atoms with Crippen molar-refractivity contribution in [3.05, 3.63) is 41.8 Å². The smallest absolute Gasteiger partial charge is 0.240 e. The Morgan fingerprint density at radius 2 is 2.21 bits per heavy atom. The van der Waals surface area contributed by atoms with E-state index in [9.17, 15) is 12.8 Å². The van der Waals surface area contributed by atoms with Crippen molar-refractivity contribution in [2.45, 2.75) is 18.0 Å². The van der Waals surface area contributed by atoms with Crippen molar-refractivity contribution in [3.63, 3.8) is 0 Å². The number of halogens is 1. The summed E-state index contributed by atoms with van der Waals surface area (Å²) in [6, 6.07) is 3.41. The number of aromatic nitrogens is 2. The Morgan fingerprint density at radius 1 is 1.42 bits per heavy atom. The van der Waals surface area contributed by atoms with Gasteiger partial charge in [-0.1, -0.05) is 5.16 Å². The highest BCUT2D eigenvalue weighted by atomic mass is 32.2. The predicted octanol–water partition coefficient (Wildman–Crippen LogP) is 0.146. The van der Waals surface area contributed by atoms with Crippen LogP contribution in [0.3, 0.4) is 0 Å². The minimum atomic E-state index is -3.78. The maximum atomic E-state index is 13.2. The highest BCUT2D eigenvalue weighted by molar-refractivity contribution is 7.89. The number of rotatable bonds is 5. The zero-order valence-electron chi connectivity index (χ0n) is 9.71. The van der Waals surface area contributed by atoms with Crippen LogP contribution in [0.2, 0.25) is 0 Å². The van der Waals surface area contributed by atoms with E-state index in [0.29, 0.717) is 0 Å². The van der Waals surface area contributed by atoms with Gasteiger partial charge < -0.3 is 10.3 Å². The van der Waals surface area contributed by atoms with Gasteiger partial charge in [-0.3, -0.25) is 0 Å². The molecule has 0 fully saturated rings. The third-order valence-corrected chi connectivity index (χ3v) is 3.77. The minimum Gasteiger partial charge on any atom is -0.343 e. The zero-order chi connectivity index (χ0) is 13.9. The topological polar surface area (TPSA) is 111 Å². The second-order valence-corrected chi connectivity index (χ2v) is 5.40. The lowest BCUT2D eigenvalue weighted by Gasteiger charge is -2.07. The number of hydrogen-bond acceptors (Lipinski definition) is 6. The van der Waals surface area contributed by atoms with Crippen molar-refractivity contribution in [1.82, 2.24) is 14.9 Å². The third-order valence-electron chi connectivity index (χ3n) is 2.37. The van der Waals surface area contributed by atoms with Crippen LogP contribution >= 0.6 is 0 Å². The Labute approximate surface area is 108 Å². The Morgan fingerprint density at radius 3 is 2.84 bits per heavy atom. The number of benzene rings is 1. The van der Waals surface area contributed by atoms with E-state index in [0.717, 1.165) is 18.5 Å². The largest absolute Gasteiger partial charge is 0.343 e. The van der Waals surface area contributed by atoms with Gasteiger partial charge in [0.25, 0.3) is 0 Å². The first-order chi connectivity index (χ1) is 9.03. The maximum Gasteiger partial charge on any atom is 0.240 e. The third kappa shape index (κ3) is 3.13. The molecule has 0 aliphatic heterocycles. The van der Waals surface area contributed by atoms with Crippen LogP contribution in [-0.2, 0) is 23.1 Å². The molecule has 0 aliphatic carbocycles. The first-order valence-corrected chi connectivity index (χ1v) is 6.74.